The lowest BCUT2D eigenvalue weighted by Gasteiger charge is -2.34. The van der Waals surface area contributed by atoms with Crippen LogP contribution in [0.3, 0.4) is 0 Å². The molecule has 4 aromatic rings. The van der Waals surface area contributed by atoms with Crippen LogP contribution in [0.5, 0.6) is 0 Å². The minimum atomic E-state index is -0.603. The van der Waals surface area contributed by atoms with Crippen molar-refractivity contribution in [2.24, 2.45) is 0 Å². The largest absolute Gasteiger partial charge is 0.451 e. The molecule has 1 fully saturated rings. The number of furan rings is 1. The van der Waals surface area contributed by atoms with Crippen LogP contribution in [0.15, 0.2) is 71.4 Å². The summed E-state index contributed by atoms with van der Waals surface area (Å²) in [5, 5.41) is 3.84. The van der Waals surface area contributed by atoms with Gasteiger partial charge in [-0.05, 0) is 54.8 Å². The summed E-state index contributed by atoms with van der Waals surface area (Å²) in [5.41, 5.74) is 5.69. The molecular weight excluding hydrogens is 414 g/mol. The number of aromatic nitrogens is 1. The zero-order valence-corrected chi connectivity index (χ0v) is 18.7. The smallest absolute Gasteiger partial charge is 0.290 e. The van der Waals surface area contributed by atoms with E-state index in [2.05, 4.69) is 16.4 Å². The average Bonchev–Trinajstić information content (AvgIpc) is 3.16. The fourth-order valence-corrected chi connectivity index (χ4v) is 4.48. The van der Waals surface area contributed by atoms with Gasteiger partial charge in [0.15, 0.2) is 5.76 Å². The number of pyridine rings is 1. The monoisotopic (exact) mass is 439 g/mol. The molecule has 1 unspecified atom stereocenters. The molecule has 1 aliphatic heterocycles. The normalized spacial score (nSPS) is 16.1. The number of nitrogens with zero attached hydrogens (tertiary/aromatic N) is 2. The van der Waals surface area contributed by atoms with Gasteiger partial charge in [0, 0.05) is 42.9 Å². The summed E-state index contributed by atoms with van der Waals surface area (Å²) in [6.07, 6.45) is 3.94. The van der Waals surface area contributed by atoms with Crippen LogP contribution in [-0.2, 0) is 11.2 Å². The third-order valence-corrected chi connectivity index (χ3v) is 6.25. The van der Waals surface area contributed by atoms with Gasteiger partial charge in [0.1, 0.15) is 11.6 Å². The highest BCUT2D eigenvalue weighted by Crippen LogP contribution is 2.28. The Hall–Kier alpha value is -3.93. The Balaban J connectivity index is 1.45. The van der Waals surface area contributed by atoms with Gasteiger partial charge in [-0.1, -0.05) is 35.9 Å². The SMILES string of the molecule is Cc1ccc2oc(C(=O)N3CCNC(=O)C3Cc3cccc(-c4ccncc4)c3)c(C)c2c1. The second-order valence-corrected chi connectivity index (χ2v) is 8.50. The molecule has 0 bridgehead atoms. The third-order valence-electron chi connectivity index (χ3n) is 6.25. The number of piperazine rings is 1. The van der Waals surface area contributed by atoms with Gasteiger partial charge in [0.05, 0.1) is 0 Å². The number of amides is 2. The standard InChI is InChI=1S/C27H25N3O3/c1-17-6-7-24-22(14-17)18(2)25(33-24)27(32)30-13-12-29-26(31)23(30)16-19-4-3-5-21(15-19)20-8-10-28-11-9-20/h3-11,14-15,23H,12-13,16H2,1-2H3,(H,29,31). The Morgan fingerprint density at radius 2 is 1.91 bits per heavy atom. The maximum absolute atomic E-state index is 13.6. The molecule has 6 heteroatoms. The molecule has 0 spiro atoms. The molecule has 166 valence electrons. The van der Waals surface area contributed by atoms with E-state index in [9.17, 15) is 9.59 Å². The zero-order valence-electron chi connectivity index (χ0n) is 18.7. The average molecular weight is 440 g/mol. The lowest BCUT2D eigenvalue weighted by molar-refractivity contribution is -0.127. The topological polar surface area (TPSA) is 75.4 Å². The minimum Gasteiger partial charge on any atom is -0.451 e. The highest BCUT2D eigenvalue weighted by Gasteiger charge is 2.35. The van der Waals surface area contributed by atoms with Crippen LogP contribution >= 0.6 is 0 Å². The first kappa shape index (κ1) is 20.9. The molecule has 2 amide bonds. The predicted octanol–water partition coefficient (Wildman–Crippen LogP) is 4.29. The highest BCUT2D eigenvalue weighted by atomic mass is 16.3. The van der Waals surface area contributed by atoms with E-state index in [-0.39, 0.29) is 11.8 Å². The van der Waals surface area contributed by atoms with Crippen molar-refractivity contribution in [3.8, 4) is 11.1 Å². The van der Waals surface area contributed by atoms with Gasteiger partial charge >= 0.3 is 0 Å². The van der Waals surface area contributed by atoms with E-state index in [0.29, 0.717) is 30.9 Å². The van der Waals surface area contributed by atoms with Gasteiger partial charge < -0.3 is 14.6 Å². The quantitative estimate of drug-likeness (QED) is 0.515. The molecule has 0 radical (unpaired) electrons. The summed E-state index contributed by atoms with van der Waals surface area (Å²) in [5.74, 6) is -0.0825. The maximum Gasteiger partial charge on any atom is 0.290 e. The molecule has 2 aromatic carbocycles. The van der Waals surface area contributed by atoms with E-state index in [1.165, 1.54) is 0 Å². The summed E-state index contributed by atoms with van der Waals surface area (Å²) in [6, 6.07) is 17.2. The summed E-state index contributed by atoms with van der Waals surface area (Å²) in [4.78, 5) is 32.1. The zero-order chi connectivity index (χ0) is 22.9. The molecular formula is C27H25N3O3. The van der Waals surface area contributed by atoms with Crippen LogP contribution in [-0.4, -0.2) is 40.8 Å². The van der Waals surface area contributed by atoms with Crippen LogP contribution in [0.1, 0.15) is 27.2 Å². The van der Waals surface area contributed by atoms with Crippen LogP contribution in [0, 0.1) is 13.8 Å². The van der Waals surface area contributed by atoms with E-state index in [1.54, 1.807) is 17.3 Å². The van der Waals surface area contributed by atoms with Crippen LogP contribution in [0.25, 0.3) is 22.1 Å². The Morgan fingerprint density at radius 1 is 1.09 bits per heavy atom. The van der Waals surface area contributed by atoms with Gasteiger partial charge in [-0.2, -0.15) is 0 Å². The van der Waals surface area contributed by atoms with E-state index in [1.807, 2.05) is 62.4 Å². The van der Waals surface area contributed by atoms with E-state index in [0.717, 1.165) is 33.2 Å². The first-order valence-corrected chi connectivity index (χ1v) is 11.1. The number of nitrogens with one attached hydrogen (secondary N) is 1. The van der Waals surface area contributed by atoms with Crippen molar-refractivity contribution < 1.29 is 14.0 Å². The fraction of sp³-hybridized carbons (Fsp3) is 0.222. The molecule has 3 heterocycles. The van der Waals surface area contributed by atoms with Gasteiger partial charge in [0.25, 0.3) is 5.91 Å². The summed E-state index contributed by atoms with van der Waals surface area (Å²) >= 11 is 0. The Bertz CT molecular complexity index is 1340. The summed E-state index contributed by atoms with van der Waals surface area (Å²) in [6.45, 7) is 4.78. The molecule has 33 heavy (non-hydrogen) atoms. The van der Waals surface area contributed by atoms with Crippen molar-refractivity contribution >= 4 is 22.8 Å². The van der Waals surface area contributed by atoms with E-state index >= 15 is 0 Å². The first-order chi connectivity index (χ1) is 16.0. The third kappa shape index (κ3) is 4.00. The van der Waals surface area contributed by atoms with Crippen molar-refractivity contribution in [2.45, 2.75) is 26.3 Å². The van der Waals surface area contributed by atoms with Crippen LogP contribution in [0.4, 0.5) is 0 Å². The number of hydrogen-bond acceptors (Lipinski definition) is 4. The van der Waals surface area contributed by atoms with Crippen molar-refractivity contribution in [1.82, 2.24) is 15.2 Å². The lowest BCUT2D eigenvalue weighted by atomic mass is 9.97. The van der Waals surface area contributed by atoms with Crippen LogP contribution in [0.2, 0.25) is 0 Å². The summed E-state index contributed by atoms with van der Waals surface area (Å²) in [7, 11) is 0. The molecule has 1 saturated heterocycles. The second kappa shape index (κ2) is 8.54. The Kier molecular flexibility index (Phi) is 5.42. The van der Waals surface area contributed by atoms with Crippen molar-refractivity contribution in [3.05, 3.63) is 89.4 Å². The molecule has 0 aliphatic carbocycles. The highest BCUT2D eigenvalue weighted by molar-refractivity contribution is 6.01. The van der Waals surface area contributed by atoms with Crippen molar-refractivity contribution in [1.29, 1.82) is 0 Å². The fourth-order valence-electron chi connectivity index (χ4n) is 4.48. The second-order valence-electron chi connectivity index (χ2n) is 8.50. The molecule has 6 nitrogen and oxygen atoms in total. The first-order valence-electron chi connectivity index (χ1n) is 11.1. The van der Waals surface area contributed by atoms with Gasteiger partial charge in [-0.15, -0.1) is 0 Å². The van der Waals surface area contributed by atoms with Gasteiger partial charge in [0.2, 0.25) is 5.91 Å². The molecule has 1 aliphatic rings. The van der Waals surface area contributed by atoms with E-state index in [4.69, 9.17) is 4.42 Å². The molecule has 0 saturated carbocycles. The Labute approximate surface area is 192 Å². The van der Waals surface area contributed by atoms with E-state index < -0.39 is 6.04 Å². The van der Waals surface area contributed by atoms with Crippen LogP contribution < -0.4 is 5.32 Å². The summed E-state index contributed by atoms with van der Waals surface area (Å²) < 4.78 is 5.95. The lowest BCUT2D eigenvalue weighted by Crippen LogP contribution is -2.58. The van der Waals surface area contributed by atoms with Crippen molar-refractivity contribution in [2.75, 3.05) is 13.1 Å². The predicted molar refractivity (Wildman–Crippen MR) is 127 cm³/mol. The molecule has 1 atom stereocenters. The van der Waals surface area contributed by atoms with Gasteiger partial charge in [-0.25, -0.2) is 0 Å². The minimum absolute atomic E-state index is 0.145. The number of fused-ring (bicyclic) bond motifs is 1. The number of carbonyl (C=O) groups is 2. The van der Waals surface area contributed by atoms with Crippen molar-refractivity contribution in [3.63, 3.8) is 0 Å². The molecule has 2 aromatic heterocycles. The van der Waals surface area contributed by atoms with Gasteiger partial charge in [-0.3, -0.25) is 14.6 Å². The maximum atomic E-state index is 13.6. The molecule has 1 N–H and O–H groups in total. The Morgan fingerprint density at radius 3 is 2.73 bits per heavy atom. The number of rotatable bonds is 4. The number of hydrogen-bond donors (Lipinski definition) is 1. The number of aryl methyl sites for hydroxylation is 2. The number of benzene rings is 2. The molecule has 5 rings (SSSR count). The number of carbonyl (C=O) groups excluding carboxylic acids is 2.